The monoisotopic (exact) mass is 329 g/mol. The summed E-state index contributed by atoms with van der Waals surface area (Å²) in [5.74, 6) is 1.38. The molecule has 0 N–H and O–H groups in total. The maximum absolute atomic E-state index is 12.5. The number of carbonyl (C=O) groups is 1. The van der Waals surface area contributed by atoms with Gasteiger partial charge in [-0.25, -0.2) is 0 Å². The van der Waals surface area contributed by atoms with Gasteiger partial charge < -0.3 is 9.64 Å². The second-order valence-electron chi connectivity index (χ2n) is 5.33. The van der Waals surface area contributed by atoms with Crippen LogP contribution in [0.25, 0.3) is 0 Å². The molecular weight excluding hydrogens is 310 g/mol. The van der Waals surface area contributed by atoms with Crippen molar-refractivity contribution in [1.29, 1.82) is 0 Å². The molecule has 3 rings (SSSR count). The van der Waals surface area contributed by atoms with E-state index in [0.717, 1.165) is 16.3 Å². The van der Waals surface area contributed by atoms with E-state index in [2.05, 4.69) is 0 Å². The fraction of sp³-hybridized carbons (Fsp3) is 0.278. The van der Waals surface area contributed by atoms with E-state index in [1.54, 1.807) is 4.90 Å². The maximum atomic E-state index is 12.5. The molecule has 0 aliphatic carbocycles. The number of carbonyl (C=O) groups excluding carboxylic acids is 1. The molecule has 0 bridgehead atoms. The minimum Gasteiger partial charge on any atom is -0.494 e. The summed E-state index contributed by atoms with van der Waals surface area (Å²) in [5.41, 5.74) is 0.783. The highest BCUT2D eigenvalue weighted by Gasteiger charge is 2.25. The minimum absolute atomic E-state index is 0.0609. The van der Waals surface area contributed by atoms with E-state index < -0.39 is 10.8 Å². The Morgan fingerprint density at radius 3 is 2.65 bits per heavy atom. The quantitative estimate of drug-likeness (QED) is 0.792. The first-order valence-corrected chi connectivity index (χ1v) is 9.03. The van der Waals surface area contributed by atoms with E-state index in [4.69, 9.17) is 4.74 Å². The van der Waals surface area contributed by atoms with Crippen LogP contribution in [0.4, 0.5) is 5.69 Å². The standard InChI is InChI=1S/C18H19NO3S/c20-18(11-6-13-22-15-7-2-1-3-8-15)19-12-14-23(21)17-10-5-4-9-16(17)19/h1-5,7-10H,6,11-14H2. The van der Waals surface area contributed by atoms with Crippen LogP contribution in [0, 0.1) is 0 Å². The number of fused-ring (bicyclic) bond motifs is 1. The Morgan fingerprint density at radius 2 is 1.83 bits per heavy atom. The third-order valence-electron chi connectivity index (χ3n) is 3.75. The number of para-hydroxylation sites is 2. The summed E-state index contributed by atoms with van der Waals surface area (Å²) in [6.07, 6.45) is 1.09. The summed E-state index contributed by atoms with van der Waals surface area (Å²) in [7, 11) is -1.00. The molecule has 0 aromatic heterocycles. The lowest BCUT2D eigenvalue weighted by Crippen LogP contribution is -2.38. The van der Waals surface area contributed by atoms with Gasteiger partial charge in [-0.05, 0) is 30.7 Å². The van der Waals surface area contributed by atoms with E-state index in [9.17, 15) is 9.00 Å². The molecule has 1 heterocycles. The molecule has 1 aliphatic rings. The first-order chi connectivity index (χ1) is 11.3. The summed E-state index contributed by atoms with van der Waals surface area (Å²) in [6, 6.07) is 17.0. The molecule has 0 radical (unpaired) electrons. The lowest BCUT2D eigenvalue weighted by atomic mass is 10.2. The van der Waals surface area contributed by atoms with Gasteiger partial charge in [0.25, 0.3) is 0 Å². The summed E-state index contributed by atoms with van der Waals surface area (Å²) in [4.78, 5) is 15.0. The van der Waals surface area contributed by atoms with Crippen LogP contribution in [0.3, 0.4) is 0 Å². The zero-order valence-corrected chi connectivity index (χ0v) is 13.6. The number of nitrogens with zero attached hydrogens (tertiary/aromatic N) is 1. The van der Waals surface area contributed by atoms with E-state index in [0.29, 0.717) is 31.7 Å². The Morgan fingerprint density at radius 1 is 1.09 bits per heavy atom. The first-order valence-electron chi connectivity index (χ1n) is 7.71. The molecule has 5 heteroatoms. The van der Waals surface area contributed by atoms with Crippen LogP contribution < -0.4 is 9.64 Å². The van der Waals surface area contributed by atoms with Gasteiger partial charge in [0.2, 0.25) is 5.91 Å². The molecule has 1 unspecified atom stereocenters. The smallest absolute Gasteiger partial charge is 0.227 e. The van der Waals surface area contributed by atoms with Crippen LogP contribution in [-0.2, 0) is 15.6 Å². The van der Waals surface area contributed by atoms with Crippen molar-refractivity contribution in [3.05, 3.63) is 54.6 Å². The number of hydrogen-bond acceptors (Lipinski definition) is 3. The molecule has 2 aromatic rings. The Bertz CT molecular complexity index is 702. The normalized spacial score (nSPS) is 16.7. The van der Waals surface area contributed by atoms with Crippen LogP contribution in [0.15, 0.2) is 59.5 Å². The summed E-state index contributed by atoms with van der Waals surface area (Å²) in [5, 5.41) is 0. The highest BCUT2D eigenvalue weighted by atomic mass is 32.2. The molecule has 0 fully saturated rings. The molecule has 0 spiro atoms. The summed E-state index contributed by atoms with van der Waals surface area (Å²) in [6.45, 7) is 1.03. The van der Waals surface area contributed by atoms with Crippen LogP contribution in [-0.4, -0.2) is 29.0 Å². The Hall–Kier alpha value is -2.14. The van der Waals surface area contributed by atoms with Gasteiger partial charge in [0.15, 0.2) is 0 Å². The van der Waals surface area contributed by atoms with Crippen molar-refractivity contribution in [2.45, 2.75) is 17.7 Å². The molecule has 0 saturated heterocycles. The van der Waals surface area contributed by atoms with E-state index in [1.807, 2.05) is 54.6 Å². The van der Waals surface area contributed by atoms with E-state index in [1.165, 1.54) is 0 Å². The van der Waals surface area contributed by atoms with Crippen LogP contribution in [0.5, 0.6) is 5.75 Å². The Labute approximate surface area is 138 Å². The predicted octanol–water partition coefficient (Wildman–Crippen LogP) is 3.00. The van der Waals surface area contributed by atoms with Crippen LogP contribution >= 0.6 is 0 Å². The van der Waals surface area contributed by atoms with Gasteiger partial charge in [0, 0.05) is 18.7 Å². The van der Waals surface area contributed by atoms with Crippen molar-refractivity contribution in [1.82, 2.24) is 0 Å². The number of benzene rings is 2. The third-order valence-corrected chi connectivity index (χ3v) is 5.14. The fourth-order valence-electron chi connectivity index (χ4n) is 2.60. The third kappa shape index (κ3) is 3.79. The van der Waals surface area contributed by atoms with Gasteiger partial charge in [-0.2, -0.15) is 0 Å². The van der Waals surface area contributed by atoms with Gasteiger partial charge >= 0.3 is 0 Å². The molecule has 23 heavy (non-hydrogen) atoms. The molecule has 2 aromatic carbocycles. The number of anilines is 1. The fourth-order valence-corrected chi connectivity index (χ4v) is 3.81. The number of amides is 1. The average Bonchev–Trinajstić information content (AvgIpc) is 2.60. The topological polar surface area (TPSA) is 46.6 Å². The lowest BCUT2D eigenvalue weighted by Gasteiger charge is -2.28. The SMILES string of the molecule is O=C(CCCOc1ccccc1)N1CCS(=O)c2ccccc21. The molecule has 4 nitrogen and oxygen atoms in total. The Kier molecular flexibility index (Phi) is 5.08. The van der Waals surface area contributed by atoms with Crippen molar-refractivity contribution >= 4 is 22.4 Å². The van der Waals surface area contributed by atoms with E-state index in [-0.39, 0.29) is 5.91 Å². The molecule has 1 aliphatic heterocycles. The summed E-state index contributed by atoms with van der Waals surface area (Å²) < 4.78 is 17.6. The second-order valence-corrected chi connectivity index (χ2v) is 6.87. The molecule has 0 saturated carbocycles. The second kappa shape index (κ2) is 7.42. The number of ether oxygens (including phenoxy) is 1. The maximum Gasteiger partial charge on any atom is 0.227 e. The van der Waals surface area contributed by atoms with Crippen molar-refractivity contribution < 1.29 is 13.7 Å². The van der Waals surface area contributed by atoms with Gasteiger partial charge in [0.1, 0.15) is 5.75 Å². The largest absolute Gasteiger partial charge is 0.494 e. The number of hydrogen-bond donors (Lipinski definition) is 0. The zero-order valence-electron chi connectivity index (χ0n) is 12.8. The molecule has 1 amide bonds. The van der Waals surface area contributed by atoms with Crippen molar-refractivity contribution in [2.75, 3.05) is 23.8 Å². The number of rotatable bonds is 5. The van der Waals surface area contributed by atoms with Crippen molar-refractivity contribution in [2.24, 2.45) is 0 Å². The summed E-state index contributed by atoms with van der Waals surface area (Å²) >= 11 is 0. The van der Waals surface area contributed by atoms with Gasteiger partial charge in [0.05, 0.1) is 28.0 Å². The van der Waals surface area contributed by atoms with Crippen molar-refractivity contribution in [3.8, 4) is 5.75 Å². The highest BCUT2D eigenvalue weighted by molar-refractivity contribution is 7.85. The molecule has 120 valence electrons. The van der Waals surface area contributed by atoms with Crippen LogP contribution in [0.2, 0.25) is 0 Å². The zero-order chi connectivity index (χ0) is 16.1. The molecule has 1 atom stereocenters. The lowest BCUT2D eigenvalue weighted by molar-refractivity contribution is -0.118. The van der Waals surface area contributed by atoms with Crippen LogP contribution in [0.1, 0.15) is 12.8 Å². The highest BCUT2D eigenvalue weighted by Crippen LogP contribution is 2.28. The average molecular weight is 329 g/mol. The van der Waals surface area contributed by atoms with Gasteiger partial charge in [-0.3, -0.25) is 9.00 Å². The predicted molar refractivity (Wildman–Crippen MR) is 91.2 cm³/mol. The molecular formula is C18H19NO3S. The minimum atomic E-state index is -1.00. The first kappa shape index (κ1) is 15.7. The van der Waals surface area contributed by atoms with Gasteiger partial charge in [-0.15, -0.1) is 0 Å². The van der Waals surface area contributed by atoms with Gasteiger partial charge in [-0.1, -0.05) is 30.3 Å². The van der Waals surface area contributed by atoms with Crippen molar-refractivity contribution in [3.63, 3.8) is 0 Å². The van der Waals surface area contributed by atoms with E-state index >= 15 is 0 Å². The Balaban J connectivity index is 1.55.